The summed E-state index contributed by atoms with van der Waals surface area (Å²) in [7, 11) is -3.69. The van der Waals surface area contributed by atoms with Crippen LogP contribution in [-0.4, -0.2) is 14.6 Å². The fraction of sp³-hybridized carbons (Fsp3) is 0.0500. The lowest BCUT2D eigenvalue weighted by molar-refractivity contribution is 0.482. The second kappa shape index (κ2) is 7.84. The van der Waals surface area contributed by atoms with Crippen LogP contribution in [0.5, 0.6) is 11.5 Å². The highest BCUT2D eigenvalue weighted by Gasteiger charge is 2.11. The maximum atomic E-state index is 12.2. The molecule has 0 heterocycles. The molecule has 0 fully saturated rings. The predicted molar refractivity (Wildman–Crippen MR) is 102 cm³/mol. The summed E-state index contributed by atoms with van der Waals surface area (Å²) in [5.41, 5.74) is 1.70. The Labute approximate surface area is 153 Å². The van der Waals surface area contributed by atoms with E-state index in [0.717, 1.165) is 11.3 Å². The molecule has 0 aromatic heterocycles. The second-order valence-electron chi connectivity index (χ2n) is 5.65. The molecule has 26 heavy (non-hydrogen) atoms. The second-order valence-corrected chi connectivity index (χ2v) is 7.31. The van der Waals surface area contributed by atoms with Crippen LogP contribution >= 0.6 is 0 Å². The van der Waals surface area contributed by atoms with E-state index in [1.807, 2.05) is 55.5 Å². The van der Waals surface area contributed by atoms with E-state index in [9.17, 15) is 8.42 Å². The summed E-state index contributed by atoms with van der Waals surface area (Å²) >= 11 is 0. The van der Waals surface area contributed by atoms with Gasteiger partial charge in [-0.15, -0.1) is 0 Å². The first-order valence-corrected chi connectivity index (χ1v) is 9.46. The topological polar surface area (TPSA) is 67.8 Å². The molecule has 3 rings (SSSR count). The highest BCUT2D eigenvalue weighted by molar-refractivity contribution is 7.89. The van der Waals surface area contributed by atoms with Crippen LogP contribution in [0.3, 0.4) is 0 Å². The molecule has 132 valence electrons. The lowest BCUT2D eigenvalue weighted by Crippen LogP contribution is -2.18. The van der Waals surface area contributed by atoms with Gasteiger partial charge in [0.15, 0.2) is 0 Å². The summed E-state index contributed by atoms with van der Waals surface area (Å²) in [5, 5.41) is 3.84. The Morgan fingerprint density at radius 2 is 1.58 bits per heavy atom. The number of sulfonamides is 1. The van der Waals surface area contributed by atoms with Gasteiger partial charge in [-0.05, 0) is 48.9 Å². The predicted octanol–water partition coefficient (Wildman–Crippen LogP) is 4.10. The maximum absolute atomic E-state index is 12.2. The van der Waals surface area contributed by atoms with E-state index in [1.54, 1.807) is 30.3 Å². The third-order valence-corrected chi connectivity index (χ3v) is 4.79. The number of nitrogens with zero attached hydrogens (tertiary/aromatic N) is 1. The van der Waals surface area contributed by atoms with Crippen molar-refractivity contribution in [3.63, 3.8) is 0 Å². The van der Waals surface area contributed by atoms with Crippen LogP contribution in [0.4, 0.5) is 0 Å². The van der Waals surface area contributed by atoms with E-state index in [1.165, 1.54) is 6.21 Å². The van der Waals surface area contributed by atoms with Gasteiger partial charge in [-0.1, -0.05) is 48.0 Å². The third-order valence-electron chi connectivity index (χ3n) is 3.55. The Kier molecular flexibility index (Phi) is 5.34. The van der Waals surface area contributed by atoms with Crippen LogP contribution in [0.25, 0.3) is 0 Å². The Morgan fingerprint density at radius 3 is 2.31 bits per heavy atom. The number of benzene rings is 3. The molecule has 0 saturated heterocycles. The third kappa shape index (κ3) is 4.70. The average molecular weight is 366 g/mol. The molecule has 0 spiro atoms. The Bertz CT molecular complexity index is 999. The zero-order valence-electron chi connectivity index (χ0n) is 14.2. The van der Waals surface area contributed by atoms with E-state index >= 15 is 0 Å². The van der Waals surface area contributed by atoms with Crippen LogP contribution in [0.2, 0.25) is 0 Å². The van der Waals surface area contributed by atoms with Gasteiger partial charge >= 0.3 is 0 Å². The monoisotopic (exact) mass is 366 g/mol. The molecule has 0 aliphatic carbocycles. The molecule has 0 amide bonds. The van der Waals surface area contributed by atoms with E-state index in [-0.39, 0.29) is 4.90 Å². The normalized spacial score (nSPS) is 11.4. The molecule has 6 heteroatoms. The van der Waals surface area contributed by atoms with E-state index in [2.05, 4.69) is 9.93 Å². The zero-order chi connectivity index (χ0) is 18.4. The van der Waals surface area contributed by atoms with E-state index in [4.69, 9.17) is 4.74 Å². The summed E-state index contributed by atoms with van der Waals surface area (Å²) < 4.78 is 30.1. The van der Waals surface area contributed by atoms with Crippen LogP contribution in [-0.2, 0) is 10.0 Å². The smallest absolute Gasteiger partial charge is 0.276 e. The largest absolute Gasteiger partial charge is 0.457 e. The number of rotatable bonds is 6. The molecule has 0 bridgehead atoms. The minimum Gasteiger partial charge on any atom is -0.457 e. The first-order valence-electron chi connectivity index (χ1n) is 7.97. The summed E-state index contributed by atoms with van der Waals surface area (Å²) in [6.07, 6.45) is 1.43. The number of hydrogen-bond donors (Lipinski definition) is 1. The molecule has 3 aromatic rings. The minimum absolute atomic E-state index is 0.168. The molecule has 0 aliphatic heterocycles. The quantitative estimate of drug-likeness (QED) is 0.527. The van der Waals surface area contributed by atoms with Crippen LogP contribution in [0.15, 0.2) is 88.9 Å². The van der Waals surface area contributed by atoms with Gasteiger partial charge in [0.1, 0.15) is 11.5 Å². The fourth-order valence-corrected chi connectivity index (χ4v) is 3.01. The zero-order valence-corrected chi connectivity index (χ0v) is 15.0. The van der Waals surface area contributed by atoms with E-state index < -0.39 is 10.0 Å². The minimum atomic E-state index is -3.69. The number of nitrogens with one attached hydrogen (secondary N) is 1. The molecule has 0 atom stereocenters. The molecule has 0 saturated carbocycles. The standard InChI is InChI=1S/C20H18N2O3S/c1-16-10-12-20(13-11-16)26(23,24)22-21-15-17-6-5-9-19(14-17)25-18-7-3-2-4-8-18/h2-15,22H,1H3/b21-15-. The van der Waals surface area contributed by atoms with Crippen molar-refractivity contribution in [1.29, 1.82) is 0 Å². The first-order chi connectivity index (χ1) is 12.5. The fourth-order valence-electron chi connectivity index (χ4n) is 2.22. The molecule has 3 aromatic carbocycles. The summed E-state index contributed by atoms with van der Waals surface area (Å²) in [4.78, 5) is 2.38. The highest BCUT2D eigenvalue weighted by Crippen LogP contribution is 2.21. The number of hydrogen-bond acceptors (Lipinski definition) is 4. The van der Waals surface area contributed by atoms with Crippen LogP contribution in [0, 0.1) is 6.92 Å². The van der Waals surface area contributed by atoms with Crippen molar-refractivity contribution in [2.75, 3.05) is 0 Å². The Hall–Kier alpha value is -3.12. The number of hydrazone groups is 1. The maximum Gasteiger partial charge on any atom is 0.276 e. The molecule has 0 unspecified atom stereocenters. The van der Waals surface area contributed by atoms with Crippen LogP contribution in [0.1, 0.15) is 11.1 Å². The molecule has 5 nitrogen and oxygen atoms in total. The summed E-state index contributed by atoms with van der Waals surface area (Å²) in [6, 6.07) is 23.2. The number of ether oxygens (including phenoxy) is 1. The summed E-state index contributed by atoms with van der Waals surface area (Å²) in [6.45, 7) is 1.90. The van der Waals surface area contributed by atoms with Crippen molar-refractivity contribution in [2.45, 2.75) is 11.8 Å². The SMILES string of the molecule is Cc1ccc(S(=O)(=O)N/N=C\c2cccc(Oc3ccccc3)c2)cc1. The van der Waals surface area contributed by atoms with Gasteiger partial charge in [0.25, 0.3) is 10.0 Å². The van der Waals surface area contributed by atoms with Crippen molar-refractivity contribution in [1.82, 2.24) is 4.83 Å². The molecule has 0 aliphatic rings. The number of para-hydroxylation sites is 1. The van der Waals surface area contributed by atoms with Gasteiger partial charge in [-0.2, -0.15) is 13.5 Å². The Morgan fingerprint density at radius 1 is 0.885 bits per heavy atom. The van der Waals surface area contributed by atoms with Crippen molar-refractivity contribution in [3.05, 3.63) is 90.0 Å². The van der Waals surface area contributed by atoms with Gasteiger partial charge < -0.3 is 4.74 Å². The lowest BCUT2D eigenvalue weighted by atomic mass is 10.2. The van der Waals surface area contributed by atoms with Crippen molar-refractivity contribution in [3.8, 4) is 11.5 Å². The van der Waals surface area contributed by atoms with Crippen molar-refractivity contribution >= 4 is 16.2 Å². The van der Waals surface area contributed by atoms with Gasteiger partial charge in [-0.25, -0.2) is 4.83 Å². The Balaban J connectivity index is 1.68. The van der Waals surface area contributed by atoms with Crippen molar-refractivity contribution < 1.29 is 13.2 Å². The first kappa shape index (κ1) is 17.7. The molecular weight excluding hydrogens is 348 g/mol. The molecule has 1 N–H and O–H groups in total. The van der Waals surface area contributed by atoms with Gasteiger partial charge in [-0.3, -0.25) is 0 Å². The van der Waals surface area contributed by atoms with Gasteiger partial charge in [0, 0.05) is 0 Å². The lowest BCUT2D eigenvalue weighted by Gasteiger charge is -2.06. The van der Waals surface area contributed by atoms with Crippen molar-refractivity contribution in [2.24, 2.45) is 5.10 Å². The van der Waals surface area contributed by atoms with E-state index in [0.29, 0.717) is 11.3 Å². The van der Waals surface area contributed by atoms with Gasteiger partial charge in [0.05, 0.1) is 11.1 Å². The number of aryl methyl sites for hydroxylation is 1. The summed E-state index contributed by atoms with van der Waals surface area (Å²) in [5.74, 6) is 1.36. The average Bonchev–Trinajstić information content (AvgIpc) is 2.63. The molecule has 0 radical (unpaired) electrons. The van der Waals surface area contributed by atoms with Crippen LogP contribution < -0.4 is 9.57 Å². The highest BCUT2D eigenvalue weighted by atomic mass is 32.2. The van der Waals surface area contributed by atoms with Gasteiger partial charge in [0.2, 0.25) is 0 Å². The molecular formula is C20H18N2O3S.